The summed E-state index contributed by atoms with van der Waals surface area (Å²) in [6, 6.07) is 6.14. The van der Waals surface area contributed by atoms with E-state index in [1.54, 1.807) is 0 Å². The Morgan fingerprint density at radius 2 is 2.11 bits per heavy atom. The molecule has 2 aliphatic rings. The molecule has 1 saturated heterocycles. The Bertz CT molecular complexity index is 800. The molecule has 150 valence electrons. The van der Waals surface area contributed by atoms with Crippen LogP contribution in [-0.4, -0.2) is 46.6 Å². The zero-order valence-corrected chi connectivity index (χ0v) is 16.3. The number of carbonyl (C=O) groups is 1. The number of hydrogen-bond donors (Lipinski definition) is 3. The first kappa shape index (κ1) is 18.7. The summed E-state index contributed by atoms with van der Waals surface area (Å²) in [4.78, 5) is 16.2. The first-order valence-electron chi connectivity index (χ1n) is 9.90. The van der Waals surface area contributed by atoms with Gasteiger partial charge in [0.25, 0.3) is 0 Å². The lowest BCUT2D eigenvalue weighted by molar-refractivity contribution is 0.00830. The van der Waals surface area contributed by atoms with E-state index in [1.165, 1.54) is 5.56 Å². The zero-order valence-electron chi connectivity index (χ0n) is 16.3. The lowest BCUT2D eigenvalue weighted by Crippen LogP contribution is -2.33. The number of rotatable bonds is 6. The van der Waals surface area contributed by atoms with Gasteiger partial charge in [0, 0.05) is 35.8 Å². The molecule has 1 amide bonds. The maximum absolute atomic E-state index is 11.8. The Balaban J connectivity index is 1.30. The Morgan fingerprint density at radius 3 is 2.79 bits per heavy atom. The van der Waals surface area contributed by atoms with Crippen LogP contribution in [0.4, 0.5) is 16.4 Å². The van der Waals surface area contributed by atoms with E-state index in [0.29, 0.717) is 11.8 Å². The van der Waals surface area contributed by atoms with Crippen molar-refractivity contribution < 1.29 is 14.3 Å². The van der Waals surface area contributed by atoms with Gasteiger partial charge in [-0.25, -0.2) is 9.78 Å². The lowest BCUT2D eigenvalue weighted by atomic mass is 10.00. The summed E-state index contributed by atoms with van der Waals surface area (Å²) < 4.78 is 10.7. The fraction of sp³-hybridized carbons (Fsp3) is 0.550. The minimum atomic E-state index is -0.337. The number of nitrogens with one attached hydrogen (secondary N) is 3. The SMILES string of the molecule is CC(C)NC(=O)O[C@@H]1CC[C@H](c2cc(Nc3ccc(C4COC4)cn3)n[nH]2)C1. The van der Waals surface area contributed by atoms with Crippen molar-refractivity contribution in [2.45, 2.75) is 57.1 Å². The molecule has 2 fully saturated rings. The third-order valence-corrected chi connectivity index (χ3v) is 5.25. The second-order valence-electron chi connectivity index (χ2n) is 7.88. The third-order valence-electron chi connectivity index (χ3n) is 5.25. The highest BCUT2D eigenvalue weighted by atomic mass is 16.6. The number of aromatic nitrogens is 3. The van der Waals surface area contributed by atoms with Crippen LogP contribution in [-0.2, 0) is 9.47 Å². The van der Waals surface area contributed by atoms with Crippen molar-refractivity contribution in [1.82, 2.24) is 20.5 Å². The number of aromatic amines is 1. The van der Waals surface area contributed by atoms with Crippen LogP contribution in [0.5, 0.6) is 0 Å². The second kappa shape index (κ2) is 8.18. The summed E-state index contributed by atoms with van der Waals surface area (Å²) in [6.45, 7) is 5.40. The first-order valence-corrected chi connectivity index (χ1v) is 9.90. The molecule has 1 aliphatic heterocycles. The van der Waals surface area contributed by atoms with Crippen molar-refractivity contribution in [2.24, 2.45) is 0 Å². The molecule has 2 atom stereocenters. The van der Waals surface area contributed by atoms with Gasteiger partial charge in [-0.15, -0.1) is 0 Å². The molecule has 0 bridgehead atoms. The van der Waals surface area contributed by atoms with Crippen molar-refractivity contribution in [3.05, 3.63) is 35.7 Å². The molecule has 0 spiro atoms. The van der Waals surface area contributed by atoms with Crippen molar-refractivity contribution >= 4 is 17.7 Å². The predicted octanol–water partition coefficient (Wildman–Crippen LogP) is 3.43. The first-order chi connectivity index (χ1) is 13.6. The minimum Gasteiger partial charge on any atom is -0.446 e. The molecule has 3 N–H and O–H groups in total. The molecule has 3 heterocycles. The van der Waals surface area contributed by atoms with Crippen molar-refractivity contribution in [1.29, 1.82) is 0 Å². The minimum absolute atomic E-state index is 0.0480. The van der Waals surface area contributed by atoms with Crippen LogP contribution in [0.25, 0.3) is 0 Å². The number of ether oxygens (including phenoxy) is 2. The molecule has 2 aromatic heterocycles. The fourth-order valence-electron chi connectivity index (χ4n) is 3.64. The smallest absolute Gasteiger partial charge is 0.407 e. The molecule has 4 rings (SSSR count). The number of anilines is 2. The van der Waals surface area contributed by atoms with Gasteiger partial charge in [0.15, 0.2) is 5.82 Å². The topological polar surface area (TPSA) is 101 Å². The van der Waals surface area contributed by atoms with Gasteiger partial charge in [-0.1, -0.05) is 6.07 Å². The van der Waals surface area contributed by atoms with Crippen LogP contribution in [0.2, 0.25) is 0 Å². The molecule has 0 unspecified atom stereocenters. The highest BCUT2D eigenvalue weighted by molar-refractivity contribution is 5.67. The van der Waals surface area contributed by atoms with Gasteiger partial charge in [0.2, 0.25) is 0 Å². The number of amides is 1. The van der Waals surface area contributed by atoms with Gasteiger partial charge in [-0.3, -0.25) is 5.10 Å². The third kappa shape index (κ3) is 4.44. The van der Waals surface area contributed by atoms with E-state index in [4.69, 9.17) is 9.47 Å². The van der Waals surface area contributed by atoms with Crippen LogP contribution in [0.1, 0.15) is 56.2 Å². The summed E-state index contributed by atoms with van der Waals surface area (Å²) in [5, 5.41) is 13.5. The average Bonchev–Trinajstić information content (AvgIpc) is 3.23. The number of H-pyrrole nitrogens is 1. The number of nitrogens with zero attached hydrogens (tertiary/aromatic N) is 2. The normalized spacial score (nSPS) is 22.1. The van der Waals surface area contributed by atoms with Crippen LogP contribution in [0.15, 0.2) is 24.4 Å². The predicted molar refractivity (Wildman–Crippen MR) is 105 cm³/mol. The summed E-state index contributed by atoms with van der Waals surface area (Å²) in [7, 11) is 0. The molecule has 8 heteroatoms. The van der Waals surface area contributed by atoms with Crippen molar-refractivity contribution in [3.63, 3.8) is 0 Å². The number of hydrogen-bond acceptors (Lipinski definition) is 6. The van der Waals surface area contributed by atoms with Gasteiger partial charge in [-0.2, -0.15) is 5.10 Å². The summed E-state index contributed by atoms with van der Waals surface area (Å²) in [6.07, 6.45) is 4.15. The monoisotopic (exact) mass is 385 g/mol. The van der Waals surface area contributed by atoms with Crippen molar-refractivity contribution in [2.75, 3.05) is 18.5 Å². The highest BCUT2D eigenvalue weighted by Gasteiger charge is 2.30. The van der Waals surface area contributed by atoms with Gasteiger partial charge in [-0.05, 0) is 44.7 Å². The van der Waals surface area contributed by atoms with Crippen LogP contribution >= 0.6 is 0 Å². The number of pyridine rings is 1. The lowest BCUT2D eigenvalue weighted by Gasteiger charge is -2.25. The summed E-state index contributed by atoms with van der Waals surface area (Å²) >= 11 is 0. The van der Waals surface area contributed by atoms with E-state index in [9.17, 15) is 4.79 Å². The van der Waals surface area contributed by atoms with E-state index in [0.717, 1.165) is 49.8 Å². The second-order valence-corrected chi connectivity index (χ2v) is 7.88. The Hall–Kier alpha value is -2.61. The van der Waals surface area contributed by atoms with Gasteiger partial charge < -0.3 is 20.1 Å². The van der Waals surface area contributed by atoms with E-state index < -0.39 is 0 Å². The molecular formula is C20H27N5O3. The molecular weight excluding hydrogens is 358 g/mol. The quantitative estimate of drug-likeness (QED) is 0.704. The van der Waals surface area contributed by atoms with Gasteiger partial charge in [0.05, 0.1) is 13.2 Å². The number of alkyl carbamates (subject to hydrolysis) is 1. The number of carbonyl (C=O) groups excluding carboxylic acids is 1. The van der Waals surface area contributed by atoms with Gasteiger partial charge >= 0.3 is 6.09 Å². The van der Waals surface area contributed by atoms with Crippen LogP contribution in [0, 0.1) is 0 Å². The van der Waals surface area contributed by atoms with E-state index in [1.807, 2.05) is 32.2 Å². The molecule has 0 radical (unpaired) electrons. The van der Waals surface area contributed by atoms with E-state index in [2.05, 4.69) is 31.9 Å². The van der Waals surface area contributed by atoms with Crippen molar-refractivity contribution in [3.8, 4) is 0 Å². The molecule has 0 aromatic carbocycles. The fourth-order valence-corrected chi connectivity index (χ4v) is 3.64. The van der Waals surface area contributed by atoms with Gasteiger partial charge in [0.1, 0.15) is 11.9 Å². The van der Waals surface area contributed by atoms with E-state index >= 15 is 0 Å². The average molecular weight is 385 g/mol. The zero-order chi connectivity index (χ0) is 19.5. The van der Waals surface area contributed by atoms with Crippen LogP contribution in [0.3, 0.4) is 0 Å². The molecule has 28 heavy (non-hydrogen) atoms. The van der Waals surface area contributed by atoms with Crippen LogP contribution < -0.4 is 10.6 Å². The van der Waals surface area contributed by atoms with E-state index in [-0.39, 0.29) is 18.2 Å². The Morgan fingerprint density at radius 1 is 1.25 bits per heavy atom. The molecule has 1 aliphatic carbocycles. The maximum Gasteiger partial charge on any atom is 0.407 e. The standard InChI is InChI=1S/C20H27N5O3/c1-12(2)22-20(26)28-16-5-3-13(7-16)17-8-19(25-24-17)23-18-6-4-14(9-21-18)15-10-27-11-15/h4,6,8-9,12-13,15-16H,3,5,7,10-11H2,1-2H3,(H,22,26)(H2,21,23,24,25)/t13-,16+/m0/s1. The Kier molecular flexibility index (Phi) is 5.47. The largest absolute Gasteiger partial charge is 0.446 e. The molecule has 8 nitrogen and oxygen atoms in total. The summed E-state index contributed by atoms with van der Waals surface area (Å²) in [5.74, 6) is 2.29. The molecule has 2 aromatic rings. The molecule has 1 saturated carbocycles. The Labute approximate surface area is 164 Å². The maximum atomic E-state index is 11.8. The highest BCUT2D eigenvalue weighted by Crippen LogP contribution is 2.36. The summed E-state index contributed by atoms with van der Waals surface area (Å²) in [5.41, 5.74) is 2.26.